The molecule has 2 rings (SSSR count). The predicted octanol–water partition coefficient (Wildman–Crippen LogP) is 1.99. The molecule has 5 nitrogen and oxygen atoms in total. The molecule has 2 N–H and O–H groups in total. The Balaban J connectivity index is 2.06. The third kappa shape index (κ3) is 3.47. The first-order chi connectivity index (χ1) is 10.1. The van der Waals surface area contributed by atoms with E-state index >= 15 is 0 Å². The number of carbonyl (C=O) groups excluding carboxylic acids is 1. The van der Waals surface area contributed by atoms with E-state index in [0.29, 0.717) is 23.6 Å². The smallest absolute Gasteiger partial charge is 0.255 e. The lowest BCUT2D eigenvalue weighted by Crippen LogP contribution is -2.38. The molecule has 0 radical (unpaired) electrons. The Morgan fingerprint density at radius 3 is 2.57 bits per heavy atom. The summed E-state index contributed by atoms with van der Waals surface area (Å²) in [5, 5.41) is 12.5. The van der Waals surface area contributed by atoms with Crippen molar-refractivity contribution in [2.24, 2.45) is 5.41 Å². The van der Waals surface area contributed by atoms with E-state index in [1.807, 2.05) is 0 Å². The second-order valence-corrected chi connectivity index (χ2v) is 5.61. The number of benzene rings is 1. The Hall–Kier alpha value is -1.75. The number of hydrogen-bond donors (Lipinski definition) is 2. The van der Waals surface area contributed by atoms with E-state index < -0.39 is 0 Å². The monoisotopic (exact) mass is 293 g/mol. The lowest BCUT2D eigenvalue weighted by Gasteiger charge is -2.26. The molecular weight excluding hydrogens is 270 g/mol. The SMILES string of the molecule is COc1ccc(C(=O)NCC2(CO)CCCC2)c(OC)c1. The van der Waals surface area contributed by atoms with Gasteiger partial charge in [0.1, 0.15) is 11.5 Å². The molecule has 116 valence electrons. The van der Waals surface area contributed by atoms with Crippen molar-refractivity contribution < 1.29 is 19.4 Å². The van der Waals surface area contributed by atoms with E-state index in [2.05, 4.69) is 5.32 Å². The van der Waals surface area contributed by atoms with Gasteiger partial charge in [-0.05, 0) is 25.0 Å². The number of aliphatic hydroxyl groups excluding tert-OH is 1. The summed E-state index contributed by atoms with van der Waals surface area (Å²) in [5.41, 5.74) is 0.319. The molecule has 0 unspecified atom stereocenters. The van der Waals surface area contributed by atoms with Crippen molar-refractivity contribution in [3.63, 3.8) is 0 Å². The molecular formula is C16H23NO4. The standard InChI is InChI=1S/C16H23NO4/c1-20-12-5-6-13(14(9-12)21-2)15(19)17-10-16(11-18)7-3-4-8-16/h5-6,9,18H,3-4,7-8,10-11H2,1-2H3,(H,17,19). The Bertz CT molecular complexity index is 495. The molecule has 0 heterocycles. The van der Waals surface area contributed by atoms with Crippen molar-refractivity contribution in [3.8, 4) is 11.5 Å². The molecule has 1 fully saturated rings. The normalized spacial score (nSPS) is 16.5. The van der Waals surface area contributed by atoms with Gasteiger partial charge in [0.05, 0.1) is 26.4 Å². The van der Waals surface area contributed by atoms with E-state index in [-0.39, 0.29) is 17.9 Å². The van der Waals surface area contributed by atoms with E-state index in [4.69, 9.17) is 9.47 Å². The van der Waals surface area contributed by atoms with Crippen LogP contribution in [0.15, 0.2) is 18.2 Å². The number of rotatable bonds is 6. The average molecular weight is 293 g/mol. The zero-order valence-corrected chi connectivity index (χ0v) is 12.6. The molecule has 0 atom stereocenters. The maximum atomic E-state index is 12.3. The number of methoxy groups -OCH3 is 2. The van der Waals surface area contributed by atoms with Gasteiger partial charge in [0.15, 0.2) is 0 Å². The highest BCUT2D eigenvalue weighted by atomic mass is 16.5. The van der Waals surface area contributed by atoms with Crippen LogP contribution in [-0.4, -0.2) is 38.4 Å². The maximum absolute atomic E-state index is 12.3. The predicted molar refractivity (Wildman–Crippen MR) is 79.9 cm³/mol. The van der Waals surface area contributed by atoms with Crippen molar-refractivity contribution in [3.05, 3.63) is 23.8 Å². The zero-order valence-electron chi connectivity index (χ0n) is 12.6. The first-order valence-electron chi connectivity index (χ1n) is 7.25. The van der Waals surface area contributed by atoms with Crippen LogP contribution in [0.2, 0.25) is 0 Å². The van der Waals surface area contributed by atoms with E-state index in [0.717, 1.165) is 25.7 Å². The number of ether oxygens (including phenoxy) is 2. The molecule has 0 bridgehead atoms. The summed E-state index contributed by atoms with van der Waals surface area (Å²) in [6.07, 6.45) is 4.15. The van der Waals surface area contributed by atoms with Gasteiger partial charge in [-0.3, -0.25) is 4.79 Å². The minimum atomic E-state index is -0.186. The Kier molecular flexibility index (Phi) is 5.07. The minimum Gasteiger partial charge on any atom is -0.497 e. The van der Waals surface area contributed by atoms with Crippen molar-refractivity contribution in [1.29, 1.82) is 0 Å². The average Bonchev–Trinajstić information content (AvgIpc) is 3.01. The molecule has 21 heavy (non-hydrogen) atoms. The number of aliphatic hydroxyl groups is 1. The van der Waals surface area contributed by atoms with Gasteiger partial charge >= 0.3 is 0 Å². The van der Waals surface area contributed by atoms with Crippen LogP contribution in [0.4, 0.5) is 0 Å². The highest BCUT2D eigenvalue weighted by Gasteiger charge is 2.33. The number of nitrogens with one attached hydrogen (secondary N) is 1. The van der Waals surface area contributed by atoms with Crippen LogP contribution in [-0.2, 0) is 0 Å². The van der Waals surface area contributed by atoms with E-state index in [1.54, 1.807) is 25.3 Å². The molecule has 1 saturated carbocycles. The second kappa shape index (κ2) is 6.80. The minimum absolute atomic E-state index is 0.118. The molecule has 1 aromatic rings. The Morgan fingerprint density at radius 1 is 1.29 bits per heavy atom. The van der Waals surface area contributed by atoms with Gasteiger partial charge in [-0.25, -0.2) is 0 Å². The largest absolute Gasteiger partial charge is 0.497 e. The van der Waals surface area contributed by atoms with Crippen molar-refractivity contribution in [1.82, 2.24) is 5.32 Å². The third-order valence-electron chi connectivity index (χ3n) is 4.28. The molecule has 0 saturated heterocycles. The molecule has 0 aromatic heterocycles. The molecule has 1 aromatic carbocycles. The first-order valence-corrected chi connectivity index (χ1v) is 7.25. The van der Waals surface area contributed by atoms with Gasteiger partial charge in [-0.2, -0.15) is 0 Å². The molecule has 1 aliphatic rings. The van der Waals surface area contributed by atoms with Crippen LogP contribution < -0.4 is 14.8 Å². The quantitative estimate of drug-likeness (QED) is 0.841. The summed E-state index contributed by atoms with van der Waals surface area (Å²) in [6, 6.07) is 5.11. The first kappa shape index (κ1) is 15.6. The van der Waals surface area contributed by atoms with E-state index in [9.17, 15) is 9.90 Å². The lowest BCUT2D eigenvalue weighted by atomic mass is 9.87. The summed E-state index contributed by atoms with van der Waals surface area (Å²) < 4.78 is 10.4. The molecule has 0 aliphatic heterocycles. The summed E-state index contributed by atoms with van der Waals surface area (Å²) in [6.45, 7) is 0.616. The summed E-state index contributed by atoms with van der Waals surface area (Å²) in [7, 11) is 3.09. The third-order valence-corrected chi connectivity index (χ3v) is 4.28. The molecule has 1 aliphatic carbocycles. The van der Waals surface area contributed by atoms with Crippen LogP contribution >= 0.6 is 0 Å². The highest BCUT2D eigenvalue weighted by molar-refractivity contribution is 5.97. The van der Waals surface area contributed by atoms with Gasteiger partial charge < -0.3 is 19.9 Å². The van der Waals surface area contributed by atoms with Crippen LogP contribution in [0.5, 0.6) is 11.5 Å². The van der Waals surface area contributed by atoms with Gasteiger partial charge in [0, 0.05) is 18.0 Å². The second-order valence-electron chi connectivity index (χ2n) is 5.61. The number of hydrogen-bond acceptors (Lipinski definition) is 4. The molecule has 0 spiro atoms. The number of amides is 1. The van der Waals surface area contributed by atoms with Crippen LogP contribution in [0.3, 0.4) is 0 Å². The fourth-order valence-corrected chi connectivity index (χ4v) is 2.86. The van der Waals surface area contributed by atoms with Crippen molar-refractivity contribution >= 4 is 5.91 Å². The fourth-order valence-electron chi connectivity index (χ4n) is 2.86. The van der Waals surface area contributed by atoms with Gasteiger partial charge in [-0.15, -0.1) is 0 Å². The topological polar surface area (TPSA) is 67.8 Å². The summed E-state index contributed by atoms with van der Waals surface area (Å²) >= 11 is 0. The van der Waals surface area contributed by atoms with E-state index in [1.165, 1.54) is 7.11 Å². The lowest BCUT2D eigenvalue weighted by molar-refractivity contribution is 0.0878. The molecule has 1 amide bonds. The highest BCUT2D eigenvalue weighted by Crippen LogP contribution is 2.37. The summed E-state index contributed by atoms with van der Waals surface area (Å²) in [4.78, 5) is 12.3. The number of carbonyl (C=O) groups is 1. The van der Waals surface area contributed by atoms with Crippen LogP contribution in [0, 0.1) is 5.41 Å². The van der Waals surface area contributed by atoms with Gasteiger partial charge in [0.2, 0.25) is 0 Å². The Labute approximate surface area is 125 Å². The molecule has 5 heteroatoms. The van der Waals surface area contributed by atoms with Crippen LogP contribution in [0.1, 0.15) is 36.0 Å². The van der Waals surface area contributed by atoms with Crippen molar-refractivity contribution in [2.75, 3.05) is 27.4 Å². The fraction of sp³-hybridized carbons (Fsp3) is 0.562. The van der Waals surface area contributed by atoms with Crippen molar-refractivity contribution in [2.45, 2.75) is 25.7 Å². The zero-order chi connectivity index (χ0) is 15.3. The van der Waals surface area contributed by atoms with Crippen LogP contribution in [0.25, 0.3) is 0 Å². The Morgan fingerprint density at radius 2 is 2.00 bits per heavy atom. The van der Waals surface area contributed by atoms with Gasteiger partial charge in [0.25, 0.3) is 5.91 Å². The van der Waals surface area contributed by atoms with Gasteiger partial charge in [-0.1, -0.05) is 12.8 Å². The maximum Gasteiger partial charge on any atom is 0.255 e. The summed E-state index contributed by atoms with van der Waals surface area (Å²) in [5.74, 6) is 0.941.